The first-order chi connectivity index (χ1) is 9.08. The largest absolute Gasteiger partial charge is 0.618 e. The molecule has 0 N–H and O–H groups in total. The number of fused-ring (bicyclic) bond motifs is 1. The summed E-state index contributed by atoms with van der Waals surface area (Å²) in [5.74, 6) is -0.236. The molecule has 0 aliphatic carbocycles. The van der Waals surface area contributed by atoms with Gasteiger partial charge >= 0.3 is 0 Å². The topological polar surface area (TPSA) is 43.1 Å². The van der Waals surface area contributed by atoms with Crippen molar-refractivity contribution >= 4 is 49.0 Å². The van der Waals surface area contributed by atoms with Gasteiger partial charge in [0.05, 0.1) is 5.56 Å². The third-order valence-corrected chi connectivity index (χ3v) is 3.98. The van der Waals surface area contributed by atoms with E-state index in [0.29, 0.717) is 21.6 Å². The van der Waals surface area contributed by atoms with E-state index in [1.165, 1.54) is 0 Å². The summed E-state index contributed by atoms with van der Waals surface area (Å²) in [5, 5.41) is 12.3. The number of hydrogen-bond donors (Lipinski definition) is 0. The van der Waals surface area contributed by atoms with E-state index in [1.54, 1.807) is 30.3 Å². The summed E-state index contributed by atoms with van der Waals surface area (Å²) in [4.78, 5) is 12.3. The van der Waals surface area contributed by atoms with E-state index in [9.17, 15) is 10.0 Å². The Bertz CT molecular complexity index is 721. The SMILES string of the molecule is O=C1C(c2ccc(Br)cc2)=[N+]([O-])c2cc(Br)ccc21. The fraction of sp³-hybridized carbons (Fsp3) is 0. The van der Waals surface area contributed by atoms with Gasteiger partial charge in [-0.15, -0.1) is 0 Å². The maximum atomic E-state index is 12.3. The van der Waals surface area contributed by atoms with Gasteiger partial charge in [0.1, 0.15) is 5.56 Å². The zero-order valence-electron chi connectivity index (χ0n) is 9.56. The molecule has 0 amide bonds. The molecule has 0 saturated carbocycles. The van der Waals surface area contributed by atoms with Crippen LogP contribution < -0.4 is 0 Å². The van der Waals surface area contributed by atoms with E-state index in [-0.39, 0.29) is 11.5 Å². The highest BCUT2D eigenvalue weighted by atomic mass is 79.9. The van der Waals surface area contributed by atoms with Gasteiger partial charge < -0.3 is 5.21 Å². The van der Waals surface area contributed by atoms with Crippen LogP contribution in [0.5, 0.6) is 0 Å². The second kappa shape index (κ2) is 4.58. The molecule has 0 fully saturated rings. The average Bonchev–Trinajstić information content (AvgIpc) is 2.63. The molecule has 0 aromatic heterocycles. The van der Waals surface area contributed by atoms with Gasteiger partial charge in [0, 0.05) is 15.0 Å². The van der Waals surface area contributed by atoms with Crippen molar-refractivity contribution < 1.29 is 9.53 Å². The molecule has 0 unspecified atom stereocenters. The number of benzene rings is 2. The normalized spacial score (nSPS) is 13.9. The van der Waals surface area contributed by atoms with Crippen molar-refractivity contribution in [2.75, 3.05) is 0 Å². The highest BCUT2D eigenvalue weighted by Gasteiger charge is 2.36. The number of carbonyl (C=O) groups excluding carboxylic acids is 1. The quantitative estimate of drug-likeness (QED) is 0.553. The van der Waals surface area contributed by atoms with Crippen molar-refractivity contribution in [3.63, 3.8) is 0 Å². The van der Waals surface area contributed by atoms with Crippen molar-refractivity contribution in [1.29, 1.82) is 0 Å². The third-order valence-electron chi connectivity index (χ3n) is 2.96. The van der Waals surface area contributed by atoms with Crippen molar-refractivity contribution in [2.45, 2.75) is 0 Å². The van der Waals surface area contributed by atoms with Gasteiger partial charge in [0.25, 0.3) is 11.5 Å². The first-order valence-electron chi connectivity index (χ1n) is 5.52. The van der Waals surface area contributed by atoms with Crippen LogP contribution in [0.4, 0.5) is 5.69 Å². The van der Waals surface area contributed by atoms with Gasteiger partial charge in [-0.25, -0.2) is 0 Å². The Morgan fingerprint density at radius 3 is 2.26 bits per heavy atom. The smallest absolute Gasteiger partial charge is 0.272 e. The lowest BCUT2D eigenvalue weighted by molar-refractivity contribution is -0.355. The van der Waals surface area contributed by atoms with Crippen LogP contribution in [-0.2, 0) is 0 Å². The fourth-order valence-corrected chi connectivity index (χ4v) is 2.67. The second-order valence-electron chi connectivity index (χ2n) is 4.14. The monoisotopic (exact) mass is 379 g/mol. The molecule has 1 aliphatic heterocycles. The van der Waals surface area contributed by atoms with Gasteiger partial charge in [0.2, 0.25) is 5.69 Å². The van der Waals surface area contributed by atoms with Gasteiger partial charge in [-0.05, 0) is 36.4 Å². The molecule has 3 rings (SSSR count). The summed E-state index contributed by atoms with van der Waals surface area (Å²) in [6.45, 7) is 0. The third kappa shape index (κ3) is 2.03. The van der Waals surface area contributed by atoms with Crippen LogP contribution in [0.1, 0.15) is 15.9 Å². The van der Waals surface area contributed by atoms with Gasteiger partial charge in [0.15, 0.2) is 0 Å². The maximum Gasteiger partial charge on any atom is 0.272 e. The molecule has 0 saturated heterocycles. The Hall–Kier alpha value is -1.46. The molecule has 1 aliphatic rings. The van der Waals surface area contributed by atoms with E-state index in [2.05, 4.69) is 31.9 Å². The Morgan fingerprint density at radius 1 is 0.947 bits per heavy atom. The highest BCUT2D eigenvalue weighted by molar-refractivity contribution is 9.10. The molecule has 5 heteroatoms. The number of halogens is 2. The minimum atomic E-state index is -0.236. The molecular weight excluding hydrogens is 374 g/mol. The first kappa shape index (κ1) is 12.6. The molecule has 94 valence electrons. The van der Waals surface area contributed by atoms with Crippen LogP contribution in [0, 0.1) is 5.21 Å². The van der Waals surface area contributed by atoms with Crippen molar-refractivity contribution in [3.05, 3.63) is 67.7 Å². The molecule has 0 spiro atoms. The van der Waals surface area contributed by atoms with Crippen LogP contribution in [0.3, 0.4) is 0 Å². The zero-order valence-corrected chi connectivity index (χ0v) is 12.7. The number of nitrogens with zero attached hydrogens (tertiary/aromatic N) is 1. The summed E-state index contributed by atoms with van der Waals surface area (Å²) < 4.78 is 2.38. The predicted molar refractivity (Wildman–Crippen MR) is 80.0 cm³/mol. The van der Waals surface area contributed by atoms with E-state index in [1.807, 2.05) is 12.1 Å². The van der Waals surface area contributed by atoms with Gasteiger partial charge in [-0.3, -0.25) is 4.79 Å². The number of rotatable bonds is 1. The molecule has 2 aromatic carbocycles. The molecule has 2 aromatic rings. The van der Waals surface area contributed by atoms with Crippen LogP contribution >= 0.6 is 31.9 Å². The van der Waals surface area contributed by atoms with Gasteiger partial charge in [-0.2, -0.15) is 4.74 Å². The van der Waals surface area contributed by atoms with Crippen molar-refractivity contribution in [2.24, 2.45) is 0 Å². The summed E-state index contributed by atoms with van der Waals surface area (Å²) in [7, 11) is 0. The minimum Gasteiger partial charge on any atom is -0.618 e. The molecule has 0 bridgehead atoms. The average molecular weight is 381 g/mol. The lowest BCUT2D eigenvalue weighted by Gasteiger charge is -2.02. The number of Topliss-reactive ketones (excluding diaryl/α,β-unsaturated/α-hetero) is 1. The lowest BCUT2D eigenvalue weighted by atomic mass is 10.0. The first-order valence-corrected chi connectivity index (χ1v) is 7.11. The Balaban J connectivity index is 2.18. The van der Waals surface area contributed by atoms with Gasteiger partial charge in [-0.1, -0.05) is 31.9 Å². The predicted octanol–water partition coefficient (Wildman–Crippen LogP) is 4.04. The van der Waals surface area contributed by atoms with E-state index in [4.69, 9.17) is 0 Å². The van der Waals surface area contributed by atoms with Crippen LogP contribution in [0.25, 0.3) is 0 Å². The number of ketones is 1. The Labute approximate surface area is 126 Å². The molecule has 0 radical (unpaired) electrons. The Morgan fingerprint density at radius 2 is 1.58 bits per heavy atom. The van der Waals surface area contributed by atoms with Crippen LogP contribution in [-0.4, -0.2) is 16.2 Å². The summed E-state index contributed by atoms with van der Waals surface area (Å²) in [6.07, 6.45) is 0. The fourth-order valence-electron chi connectivity index (χ4n) is 2.06. The summed E-state index contributed by atoms with van der Waals surface area (Å²) in [5.41, 5.74) is 1.62. The Kier molecular flexibility index (Phi) is 3.03. The lowest BCUT2D eigenvalue weighted by Crippen LogP contribution is -2.16. The molecule has 19 heavy (non-hydrogen) atoms. The zero-order chi connectivity index (χ0) is 13.6. The molecule has 1 heterocycles. The van der Waals surface area contributed by atoms with Crippen LogP contribution in [0.2, 0.25) is 0 Å². The van der Waals surface area contributed by atoms with E-state index in [0.717, 1.165) is 8.95 Å². The number of carbonyl (C=O) groups is 1. The highest BCUT2D eigenvalue weighted by Crippen LogP contribution is 2.31. The second-order valence-corrected chi connectivity index (χ2v) is 5.97. The van der Waals surface area contributed by atoms with Crippen molar-refractivity contribution in [1.82, 2.24) is 0 Å². The minimum absolute atomic E-state index is 0.167. The van der Waals surface area contributed by atoms with E-state index < -0.39 is 0 Å². The molecule has 3 nitrogen and oxygen atoms in total. The summed E-state index contributed by atoms with van der Waals surface area (Å²) in [6, 6.07) is 12.2. The van der Waals surface area contributed by atoms with E-state index >= 15 is 0 Å². The maximum absolute atomic E-state index is 12.3. The van der Waals surface area contributed by atoms with Crippen LogP contribution in [0.15, 0.2) is 51.4 Å². The standard InChI is InChI=1S/C14H7Br2NO2/c15-9-3-1-8(2-4-9)13-14(18)11-6-5-10(16)7-12(11)17(13)19/h1-7H. The number of hydrogen-bond acceptors (Lipinski definition) is 2. The summed E-state index contributed by atoms with van der Waals surface area (Å²) >= 11 is 6.64. The molecule has 0 atom stereocenters. The van der Waals surface area contributed by atoms with Crippen molar-refractivity contribution in [3.8, 4) is 0 Å². The molecular formula is C14H7Br2NO2.